The molecule has 3 heteroatoms. The highest BCUT2D eigenvalue weighted by Gasteiger charge is 1.88. The molecule has 1 aromatic heterocycles. The van der Waals surface area contributed by atoms with Gasteiger partial charge in [0.15, 0.2) is 0 Å². The van der Waals surface area contributed by atoms with Gasteiger partial charge in [0.05, 0.1) is 6.20 Å². The van der Waals surface area contributed by atoms with E-state index in [-0.39, 0.29) is 0 Å². The molecule has 1 aromatic rings. The van der Waals surface area contributed by atoms with Crippen LogP contribution in [-0.4, -0.2) is 15.8 Å². The van der Waals surface area contributed by atoms with Gasteiger partial charge in [-0.15, -0.1) is 11.6 Å². The fourth-order valence-corrected chi connectivity index (χ4v) is 0.784. The first-order chi connectivity index (χ1) is 5.33. The van der Waals surface area contributed by atoms with Gasteiger partial charge in [-0.2, -0.15) is 0 Å². The van der Waals surface area contributed by atoms with Crippen LogP contribution in [0.2, 0.25) is 0 Å². The van der Waals surface area contributed by atoms with E-state index in [1.54, 1.807) is 6.20 Å². The van der Waals surface area contributed by atoms with Crippen LogP contribution in [-0.2, 0) is 0 Å². The fraction of sp³-hybridized carbons (Fsp3) is 0.375. The summed E-state index contributed by atoms with van der Waals surface area (Å²) < 4.78 is 0. The lowest BCUT2D eigenvalue weighted by Crippen LogP contribution is -1.74. The molecule has 0 radical (unpaired) electrons. The molecule has 2 nitrogen and oxygen atoms in total. The second kappa shape index (κ2) is 4.05. The Labute approximate surface area is 71.0 Å². The van der Waals surface area contributed by atoms with Crippen molar-refractivity contribution in [1.82, 2.24) is 9.97 Å². The van der Waals surface area contributed by atoms with Gasteiger partial charge in [0.1, 0.15) is 11.5 Å². The van der Waals surface area contributed by atoms with Gasteiger partial charge in [-0.1, -0.05) is 5.92 Å². The standard InChI is InChI=1S/C8H9ClN2/c1-7-10-6-8(11-7)4-2-3-5-9/h6H,3,5H2,1H3,(H,10,11). The average molecular weight is 169 g/mol. The third-order valence-corrected chi connectivity index (χ3v) is 1.33. The largest absolute Gasteiger partial charge is 0.336 e. The van der Waals surface area contributed by atoms with E-state index in [0.717, 1.165) is 17.9 Å². The summed E-state index contributed by atoms with van der Waals surface area (Å²) in [6, 6.07) is 0. The number of rotatable bonds is 1. The number of halogens is 1. The zero-order valence-electron chi connectivity index (χ0n) is 6.32. The van der Waals surface area contributed by atoms with Crippen LogP contribution >= 0.6 is 11.6 Å². The van der Waals surface area contributed by atoms with E-state index in [9.17, 15) is 0 Å². The molecule has 0 aliphatic heterocycles. The minimum Gasteiger partial charge on any atom is -0.336 e. The lowest BCUT2D eigenvalue weighted by Gasteiger charge is -1.78. The van der Waals surface area contributed by atoms with Crippen molar-refractivity contribution in [3.63, 3.8) is 0 Å². The maximum atomic E-state index is 5.44. The molecule has 0 bridgehead atoms. The Morgan fingerprint density at radius 3 is 3.09 bits per heavy atom. The third-order valence-electron chi connectivity index (χ3n) is 1.15. The lowest BCUT2D eigenvalue weighted by atomic mass is 10.4. The van der Waals surface area contributed by atoms with E-state index in [1.165, 1.54) is 0 Å². The number of alkyl halides is 1. The van der Waals surface area contributed by atoms with Crippen LogP contribution < -0.4 is 0 Å². The zero-order valence-corrected chi connectivity index (χ0v) is 7.07. The number of nitrogens with zero attached hydrogens (tertiary/aromatic N) is 1. The van der Waals surface area contributed by atoms with Crippen molar-refractivity contribution in [2.75, 3.05) is 5.88 Å². The van der Waals surface area contributed by atoms with Gasteiger partial charge in [-0.3, -0.25) is 0 Å². The van der Waals surface area contributed by atoms with Crippen LogP contribution in [0.15, 0.2) is 6.20 Å². The van der Waals surface area contributed by atoms with Gasteiger partial charge in [-0.25, -0.2) is 4.98 Å². The summed E-state index contributed by atoms with van der Waals surface area (Å²) in [5, 5.41) is 0. The maximum Gasteiger partial charge on any atom is 0.109 e. The van der Waals surface area contributed by atoms with Gasteiger partial charge in [0.25, 0.3) is 0 Å². The highest BCUT2D eigenvalue weighted by atomic mass is 35.5. The van der Waals surface area contributed by atoms with E-state index in [0.29, 0.717) is 5.88 Å². The topological polar surface area (TPSA) is 28.7 Å². The van der Waals surface area contributed by atoms with Crippen LogP contribution in [0.5, 0.6) is 0 Å². The molecule has 58 valence electrons. The minimum atomic E-state index is 0.583. The van der Waals surface area contributed by atoms with Gasteiger partial charge in [-0.05, 0) is 12.8 Å². The Bertz CT molecular complexity index is 280. The Morgan fingerprint density at radius 2 is 2.55 bits per heavy atom. The summed E-state index contributed by atoms with van der Waals surface area (Å²) in [7, 11) is 0. The molecule has 11 heavy (non-hydrogen) atoms. The highest BCUT2D eigenvalue weighted by molar-refractivity contribution is 6.18. The molecule has 0 spiro atoms. The molecule has 0 saturated heterocycles. The second-order valence-electron chi connectivity index (χ2n) is 2.12. The molecule has 1 heterocycles. The molecule has 0 aliphatic carbocycles. The molecule has 1 N–H and O–H groups in total. The van der Waals surface area contributed by atoms with Crippen LogP contribution in [0.25, 0.3) is 0 Å². The number of aromatic nitrogens is 2. The minimum absolute atomic E-state index is 0.583. The predicted octanol–water partition coefficient (Wildman–Crippen LogP) is 1.70. The number of H-pyrrole nitrogens is 1. The van der Waals surface area contributed by atoms with E-state index in [4.69, 9.17) is 11.6 Å². The summed E-state index contributed by atoms with van der Waals surface area (Å²) in [6.07, 6.45) is 2.44. The number of aryl methyl sites for hydroxylation is 1. The summed E-state index contributed by atoms with van der Waals surface area (Å²) in [4.78, 5) is 7.01. The smallest absolute Gasteiger partial charge is 0.109 e. The van der Waals surface area contributed by atoms with Gasteiger partial charge < -0.3 is 4.98 Å². The summed E-state index contributed by atoms with van der Waals surface area (Å²) in [5.74, 6) is 7.30. The number of hydrogen-bond acceptors (Lipinski definition) is 1. The molecule has 0 amide bonds. The van der Waals surface area contributed by atoms with Crippen LogP contribution in [0.1, 0.15) is 17.9 Å². The summed E-state index contributed by atoms with van der Waals surface area (Å²) >= 11 is 5.44. The van der Waals surface area contributed by atoms with Crippen molar-refractivity contribution in [3.8, 4) is 11.8 Å². The Morgan fingerprint density at radius 1 is 1.73 bits per heavy atom. The van der Waals surface area contributed by atoms with E-state index in [1.807, 2.05) is 6.92 Å². The van der Waals surface area contributed by atoms with Crippen molar-refractivity contribution in [1.29, 1.82) is 0 Å². The van der Waals surface area contributed by atoms with Gasteiger partial charge in [0.2, 0.25) is 0 Å². The molecule has 0 unspecified atom stereocenters. The number of aromatic amines is 1. The monoisotopic (exact) mass is 168 g/mol. The SMILES string of the molecule is Cc1ncc(C#CCCCl)[nH]1. The number of imidazole rings is 1. The first-order valence-corrected chi connectivity index (χ1v) is 3.93. The Balaban J connectivity index is 2.59. The highest BCUT2D eigenvalue weighted by Crippen LogP contribution is 1.92. The molecule has 0 aliphatic rings. The Hall–Kier alpha value is -0.940. The molecule has 0 atom stereocenters. The van der Waals surface area contributed by atoms with Crippen molar-refractivity contribution >= 4 is 11.6 Å². The van der Waals surface area contributed by atoms with Gasteiger partial charge >= 0.3 is 0 Å². The van der Waals surface area contributed by atoms with E-state index >= 15 is 0 Å². The molecule has 0 saturated carbocycles. The zero-order chi connectivity index (χ0) is 8.10. The van der Waals surface area contributed by atoms with E-state index < -0.39 is 0 Å². The predicted molar refractivity (Wildman–Crippen MR) is 45.5 cm³/mol. The number of nitrogens with one attached hydrogen (secondary N) is 1. The lowest BCUT2D eigenvalue weighted by molar-refractivity contribution is 1.14. The molecule has 0 fully saturated rings. The van der Waals surface area contributed by atoms with Crippen molar-refractivity contribution in [2.45, 2.75) is 13.3 Å². The first-order valence-electron chi connectivity index (χ1n) is 3.39. The van der Waals surface area contributed by atoms with Crippen LogP contribution in [0, 0.1) is 18.8 Å². The van der Waals surface area contributed by atoms with Crippen molar-refractivity contribution in [3.05, 3.63) is 17.7 Å². The summed E-state index contributed by atoms with van der Waals surface area (Å²) in [5.41, 5.74) is 0.854. The average Bonchev–Trinajstić information content (AvgIpc) is 2.37. The number of hydrogen-bond donors (Lipinski definition) is 1. The molecule has 0 aromatic carbocycles. The fourth-order valence-electron chi connectivity index (χ4n) is 0.689. The normalized spacial score (nSPS) is 8.91. The van der Waals surface area contributed by atoms with Crippen LogP contribution in [0.4, 0.5) is 0 Å². The van der Waals surface area contributed by atoms with Crippen molar-refractivity contribution < 1.29 is 0 Å². The van der Waals surface area contributed by atoms with Crippen LogP contribution in [0.3, 0.4) is 0 Å². The molecular weight excluding hydrogens is 160 g/mol. The Kier molecular flexibility index (Phi) is 3.00. The molecule has 1 rings (SSSR count). The van der Waals surface area contributed by atoms with E-state index in [2.05, 4.69) is 21.8 Å². The third kappa shape index (κ3) is 2.65. The quantitative estimate of drug-likeness (QED) is 0.502. The maximum absolute atomic E-state index is 5.44. The summed E-state index contributed by atoms with van der Waals surface area (Å²) in [6.45, 7) is 1.90. The van der Waals surface area contributed by atoms with Gasteiger partial charge in [0, 0.05) is 12.3 Å². The van der Waals surface area contributed by atoms with Crippen molar-refractivity contribution in [2.24, 2.45) is 0 Å². The molecular formula is C8H9ClN2. The second-order valence-corrected chi connectivity index (χ2v) is 2.50. The first kappa shape index (κ1) is 8.16.